The molecule has 4 aromatic rings. The number of carbonyl (C=O) groups excluding carboxylic acids is 8. The van der Waals surface area contributed by atoms with Gasteiger partial charge in [0.05, 0.1) is 52.3 Å². The van der Waals surface area contributed by atoms with Gasteiger partial charge in [0.25, 0.3) is 11.8 Å². The van der Waals surface area contributed by atoms with E-state index in [9.17, 15) is 68.4 Å². The highest BCUT2D eigenvalue weighted by molar-refractivity contribution is 8.16. The molecule has 8 amide bonds. The zero-order chi connectivity index (χ0) is 59.2. The van der Waals surface area contributed by atoms with Gasteiger partial charge in [0.1, 0.15) is 59.7 Å². The first kappa shape index (κ1) is 64.0. The summed E-state index contributed by atoms with van der Waals surface area (Å²) in [5.74, 6) is -11.7. The quantitative estimate of drug-likeness (QED) is 0.0355. The van der Waals surface area contributed by atoms with Crippen molar-refractivity contribution in [3.05, 3.63) is 72.3 Å². The number of hydrogen-bond acceptors (Lipinski definition) is 18. The van der Waals surface area contributed by atoms with Crippen LogP contribution in [-0.4, -0.2) is 225 Å². The highest BCUT2D eigenvalue weighted by Crippen LogP contribution is 2.31. The number of aliphatic hydroxyl groups excluding tert-OH is 2. The summed E-state index contributed by atoms with van der Waals surface area (Å²) in [7, 11) is 4.94. The molecular weight excluding hydrogens is 1070 g/mol. The molecule has 0 saturated heterocycles. The van der Waals surface area contributed by atoms with Crippen LogP contribution in [0.4, 0.5) is 0 Å². The van der Waals surface area contributed by atoms with E-state index >= 15 is 0 Å². The molecule has 26 nitrogen and oxygen atoms in total. The van der Waals surface area contributed by atoms with Gasteiger partial charge in [-0.2, -0.15) is 0 Å². The average Bonchev–Trinajstić information content (AvgIpc) is 3.43. The number of nitrogens with one attached hydrogen (secondary N) is 4. The Kier molecular flexibility index (Phi) is 23.4. The number of thioether (sulfide) groups is 2. The van der Waals surface area contributed by atoms with Crippen LogP contribution in [0.2, 0.25) is 0 Å². The molecule has 0 aliphatic carbocycles. The van der Waals surface area contributed by atoms with Crippen LogP contribution < -0.4 is 21.3 Å². The first-order valence-electron chi connectivity index (χ1n) is 24.7. The van der Waals surface area contributed by atoms with Crippen LogP contribution in [0.15, 0.2) is 60.9 Å². The number of benzene rings is 2. The number of carboxylic acid groups (broad SMARTS) is 2. The van der Waals surface area contributed by atoms with Crippen molar-refractivity contribution in [2.75, 3.05) is 53.4 Å². The number of aliphatic hydroxyl groups is 2. The standard InChI is InChI=1S/C51H68N12O14S2/c1-25(2)38(49(74)75)61(8)46(71)28(6)60(7)47(72)37(59-44(69)36(23-65)58-42(67)34-21-53-30-17-13-15-19-32(30)56-34)24-79-51(78-11)40(48(73)62(9)39(26(3)4)50(76)77)63(10)45(70)27(5)54-43(68)35(22-64)57-41(66)33-20-52-29-16-12-14-18-31(29)55-33/h12-21,25-28,35-40,51,64-65H,22-24H2,1-11H3,(H,54,68)(H,57,66)(H,58,67)(H,59,69)(H,74,75)(H,76,77)/t27-,28-,35-,36-,37-,38-,39-,40-,51?/m0/s1. The summed E-state index contributed by atoms with van der Waals surface area (Å²) in [6.07, 6.45) is 3.89. The lowest BCUT2D eigenvalue weighted by Gasteiger charge is -2.39. The number of aliphatic carboxylic acids is 2. The normalized spacial score (nSPS) is 14.8. The number of likely N-dealkylation sites (N-methyl/N-ethyl adjacent to an activating group) is 4. The minimum absolute atomic E-state index is 0.172. The van der Waals surface area contributed by atoms with Crippen molar-refractivity contribution in [1.29, 1.82) is 0 Å². The minimum Gasteiger partial charge on any atom is -0.480 e. The first-order chi connectivity index (χ1) is 37.2. The second kappa shape index (κ2) is 28.9. The molecule has 0 saturated carbocycles. The van der Waals surface area contributed by atoms with Crippen molar-refractivity contribution in [2.45, 2.75) is 94.5 Å². The number of carboxylic acids is 2. The Morgan fingerprint density at radius 3 is 1.33 bits per heavy atom. The maximum atomic E-state index is 14.8. The number of fused-ring (bicyclic) bond motifs is 2. The van der Waals surface area contributed by atoms with Gasteiger partial charge in [0.15, 0.2) is 0 Å². The SMILES string of the molecule is CSC(SC[C@H](NC(=O)[C@H](CO)NC(=O)c1cnc2ccccc2n1)C(=O)N(C)[C@@H](C)C(=O)N(C)[C@H](C(=O)O)C(C)C)[C@H](C(=O)N(C)[C@H](C(=O)O)C(C)C)N(C)C(=O)[C@H](C)NC(=O)[C@H](CO)NC(=O)c1cnc2ccccc2n1. The second-order valence-electron chi connectivity index (χ2n) is 19.1. The van der Waals surface area contributed by atoms with Crippen molar-refractivity contribution in [3.63, 3.8) is 0 Å². The molecule has 0 bridgehead atoms. The van der Waals surface area contributed by atoms with Gasteiger partial charge in [-0.15, -0.1) is 23.5 Å². The van der Waals surface area contributed by atoms with Crippen molar-refractivity contribution < 1.29 is 68.4 Å². The zero-order valence-electron chi connectivity index (χ0n) is 45.5. The van der Waals surface area contributed by atoms with E-state index < -0.39 is 143 Å². The number of rotatable bonds is 27. The molecule has 0 aliphatic heterocycles. The molecule has 2 aromatic carbocycles. The van der Waals surface area contributed by atoms with E-state index in [0.29, 0.717) is 22.1 Å². The number of hydrogen-bond donors (Lipinski definition) is 8. The molecule has 28 heteroatoms. The summed E-state index contributed by atoms with van der Waals surface area (Å²) >= 11 is 1.84. The number of para-hydroxylation sites is 4. The van der Waals surface area contributed by atoms with Crippen LogP contribution in [0.1, 0.15) is 62.5 Å². The van der Waals surface area contributed by atoms with Crippen LogP contribution in [0.3, 0.4) is 0 Å². The zero-order valence-corrected chi connectivity index (χ0v) is 47.1. The average molecular weight is 1140 g/mol. The fourth-order valence-corrected chi connectivity index (χ4v) is 10.8. The molecular formula is C51H68N12O14S2. The van der Waals surface area contributed by atoms with E-state index in [1.165, 1.54) is 48.2 Å². The van der Waals surface area contributed by atoms with Crippen LogP contribution in [0.25, 0.3) is 22.1 Å². The number of nitrogens with zero attached hydrogens (tertiary/aromatic N) is 8. The molecule has 0 aliphatic rings. The van der Waals surface area contributed by atoms with Crippen LogP contribution in [0, 0.1) is 11.8 Å². The van der Waals surface area contributed by atoms with Crippen LogP contribution >= 0.6 is 23.5 Å². The van der Waals surface area contributed by atoms with Gasteiger partial charge in [-0.3, -0.25) is 48.3 Å². The van der Waals surface area contributed by atoms with Gasteiger partial charge >= 0.3 is 11.9 Å². The predicted molar refractivity (Wildman–Crippen MR) is 292 cm³/mol. The van der Waals surface area contributed by atoms with E-state index in [2.05, 4.69) is 41.2 Å². The Bertz CT molecular complexity index is 2900. The van der Waals surface area contributed by atoms with Crippen molar-refractivity contribution in [2.24, 2.45) is 11.8 Å². The minimum atomic E-state index is -1.71. The van der Waals surface area contributed by atoms with Crippen molar-refractivity contribution in [3.8, 4) is 0 Å². The Morgan fingerprint density at radius 1 is 0.519 bits per heavy atom. The van der Waals surface area contributed by atoms with E-state index in [1.54, 1.807) is 82.5 Å². The molecule has 9 atom stereocenters. The summed E-state index contributed by atoms with van der Waals surface area (Å²) < 4.78 is -1.13. The molecule has 4 rings (SSSR count). The number of aromatic nitrogens is 4. The Balaban J connectivity index is 1.68. The number of carbonyl (C=O) groups is 10. The summed E-state index contributed by atoms with van der Waals surface area (Å²) in [5.41, 5.74) is 1.33. The van der Waals surface area contributed by atoms with E-state index in [4.69, 9.17) is 0 Å². The molecule has 2 aromatic heterocycles. The monoisotopic (exact) mass is 1140 g/mol. The molecule has 0 radical (unpaired) electrons. The Labute approximate surface area is 464 Å². The molecule has 0 spiro atoms. The van der Waals surface area contributed by atoms with Crippen molar-refractivity contribution >= 4 is 105 Å². The van der Waals surface area contributed by atoms with Gasteiger partial charge in [-0.05, 0) is 56.2 Å². The Hall–Kier alpha value is -7.56. The summed E-state index contributed by atoms with van der Waals surface area (Å²) in [6.45, 7) is 7.02. The molecule has 0 fully saturated rings. The maximum Gasteiger partial charge on any atom is 0.326 e. The largest absolute Gasteiger partial charge is 0.480 e. The van der Waals surface area contributed by atoms with Crippen LogP contribution in [0.5, 0.6) is 0 Å². The fraction of sp³-hybridized carbons (Fsp3) is 0.490. The lowest BCUT2D eigenvalue weighted by atomic mass is 10.0. The van der Waals surface area contributed by atoms with E-state index in [0.717, 1.165) is 49.3 Å². The summed E-state index contributed by atoms with van der Waals surface area (Å²) in [4.78, 5) is 158. The molecule has 8 N–H and O–H groups in total. The first-order valence-corrected chi connectivity index (χ1v) is 27.1. The van der Waals surface area contributed by atoms with Crippen LogP contribution in [-0.2, 0) is 38.4 Å². The third-order valence-electron chi connectivity index (χ3n) is 12.8. The molecule has 428 valence electrons. The topological polar surface area (TPSA) is 364 Å². The highest BCUT2D eigenvalue weighted by atomic mass is 32.2. The maximum absolute atomic E-state index is 14.8. The van der Waals surface area contributed by atoms with Gasteiger partial charge < -0.3 is 61.3 Å². The van der Waals surface area contributed by atoms with E-state index in [-0.39, 0.29) is 11.4 Å². The van der Waals surface area contributed by atoms with Gasteiger partial charge in [0.2, 0.25) is 35.4 Å². The molecule has 2 heterocycles. The lowest BCUT2D eigenvalue weighted by molar-refractivity contribution is -0.154. The summed E-state index contributed by atoms with van der Waals surface area (Å²) in [6, 6.07) is 1.25. The highest BCUT2D eigenvalue weighted by Gasteiger charge is 2.43. The Morgan fingerprint density at radius 2 is 0.924 bits per heavy atom. The van der Waals surface area contributed by atoms with Gasteiger partial charge in [-0.1, -0.05) is 52.0 Å². The van der Waals surface area contributed by atoms with E-state index in [1.807, 2.05) is 0 Å². The van der Waals surface area contributed by atoms with Gasteiger partial charge in [-0.25, -0.2) is 19.6 Å². The fourth-order valence-electron chi connectivity index (χ4n) is 8.37. The third-order valence-corrected chi connectivity index (χ3v) is 15.7. The third kappa shape index (κ3) is 16.0. The smallest absolute Gasteiger partial charge is 0.326 e. The summed E-state index contributed by atoms with van der Waals surface area (Å²) in [5, 5.41) is 50.5. The molecule has 1 unspecified atom stereocenters. The lowest BCUT2D eigenvalue weighted by Crippen LogP contribution is -2.61. The van der Waals surface area contributed by atoms with Crippen molar-refractivity contribution in [1.82, 2.24) is 60.8 Å². The second-order valence-corrected chi connectivity index (χ2v) is 21.6. The number of amides is 8. The predicted octanol–water partition coefficient (Wildman–Crippen LogP) is -0.324. The van der Waals surface area contributed by atoms with Gasteiger partial charge in [0, 0.05) is 33.9 Å². The molecule has 79 heavy (non-hydrogen) atoms.